The summed E-state index contributed by atoms with van der Waals surface area (Å²) in [6, 6.07) is 9.08. The van der Waals surface area contributed by atoms with Gasteiger partial charge < -0.3 is 9.47 Å². The van der Waals surface area contributed by atoms with E-state index >= 15 is 0 Å². The predicted octanol–water partition coefficient (Wildman–Crippen LogP) is 4.61. The lowest BCUT2D eigenvalue weighted by molar-refractivity contribution is -0.131. The molecule has 0 spiro atoms. The highest BCUT2D eigenvalue weighted by atomic mass is 79.9. The second-order valence-electron chi connectivity index (χ2n) is 4.81. The van der Waals surface area contributed by atoms with Crippen LogP contribution in [0.5, 0.6) is 17.2 Å². The number of esters is 1. The van der Waals surface area contributed by atoms with E-state index in [0.29, 0.717) is 21.7 Å². The molecule has 0 aliphatic rings. The number of benzene rings is 2. The van der Waals surface area contributed by atoms with Gasteiger partial charge in [0.2, 0.25) is 0 Å². The molecule has 2 rings (SSSR count). The van der Waals surface area contributed by atoms with Crippen LogP contribution in [0.2, 0.25) is 5.02 Å². The molecule has 5 nitrogen and oxygen atoms in total. The first-order valence-electron chi connectivity index (χ1n) is 6.90. The Morgan fingerprint density at radius 2 is 1.83 bits per heavy atom. The molecule has 0 heterocycles. The molecule has 0 saturated heterocycles. The number of rotatable bonds is 5. The maximum absolute atomic E-state index is 11.9. The fourth-order valence-electron chi connectivity index (χ4n) is 1.87. The molecule has 0 aliphatic carbocycles. The monoisotopic (exact) mass is 432 g/mol. The molecule has 2 aromatic rings. The first kappa shape index (κ1) is 18.8. The zero-order valence-corrected chi connectivity index (χ0v) is 16.0. The molecular weight excluding hydrogens is 420 g/mol. The SMILES string of the molecule is CCS(=O)(=O)c1ccc(Oc2cc(Br)cc(OC(C)=O)c2)c(Cl)c1. The number of hydrogen-bond donors (Lipinski definition) is 0. The largest absolute Gasteiger partial charge is 0.456 e. The second kappa shape index (κ2) is 7.55. The van der Waals surface area contributed by atoms with Gasteiger partial charge in [0.25, 0.3) is 0 Å². The van der Waals surface area contributed by atoms with E-state index in [1.165, 1.54) is 31.2 Å². The Hall–Kier alpha value is -1.57. The summed E-state index contributed by atoms with van der Waals surface area (Å²) in [6.45, 7) is 2.86. The number of carbonyl (C=O) groups is 1. The number of halogens is 2. The summed E-state index contributed by atoms with van der Waals surface area (Å²) in [7, 11) is -3.34. The van der Waals surface area contributed by atoms with E-state index in [1.807, 2.05) is 0 Å². The van der Waals surface area contributed by atoms with Crippen LogP contribution in [-0.4, -0.2) is 20.1 Å². The number of hydrogen-bond acceptors (Lipinski definition) is 5. The van der Waals surface area contributed by atoms with Gasteiger partial charge in [-0.1, -0.05) is 34.5 Å². The minimum absolute atomic E-state index is 0.0130. The van der Waals surface area contributed by atoms with Crippen molar-refractivity contribution in [2.24, 2.45) is 0 Å². The second-order valence-corrected chi connectivity index (χ2v) is 8.42. The quantitative estimate of drug-likeness (QED) is 0.508. The predicted molar refractivity (Wildman–Crippen MR) is 94.7 cm³/mol. The van der Waals surface area contributed by atoms with E-state index in [2.05, 4.69) is 15.9 Å². The topological polar surface area (TPSA) is 69.7 Å². The van der Waals surface area contributed by atoms with Crippen LogP contribution < -0.4 is 9.47 Å². The number of sulfone groups is 1. The van der Waals surface area contributed by atoms with E-state index in [4.69, 9.17) is 21.1 Å². The molecule has 128 valence electrons. The van der Waals surface area contributed by atoms with Crippen molar-refractivity contribution in [3.63, 3.8) is 0 Å². The number of carbonyl (C=O) groups excluding carboxylic acids is 1. The zero-order chi connectivity index (χ0) is 17.9. The first-order chi connectivity index (χ1) is 11.2. The van der Waals surface area contributed by atoms with Gasteiger partial charge in [0.15, 0.2) is 9.84 Å². The van der Waals surface area contributed by atoms with Crippen molar-refractivity contribution in [2.45, 2.75) is 18.7 Å². The molecule has 0 fully saturated rings. The third kappa shape index (κ3) is 4.72. The summed E-state index contributed by atoms with van der Waals surface area (Å²) < 4.78 is 35.1. The van der Waals surface area contributed by atoms with Crippen molar-refractivity contribution in [3.8, 4) is 17.2 Å². The molecule has 0 N–H and O–H groups in total. The molecule has 0 atom stereocenters. The van der Waals surface area contributed by atoms with Gasteiger partial charge in [-0.05, 0) is 30.3 Å². The summed E-state index contributed by atoms with van der Waals surface area (Å²) in [5.41, 5.74) is 0. The fourth-order valence-corrected chi connectivity index (χ4v) is 3.51. The van der Waals surface area contributed by atoms with Crippen molar-refractivity contribution in [3.05, 3.63) is 45.9 Å². The van der Waals surface area contributed by atoms with Crippen LogP contribution in [0.4, 0.5) is 0 Å². The van der Waals surface area contributed by atoms with Crippen molar-refractivity contribution < 1.29 is 22.7 Å². The maximum atomic E-state index is 11.9. The van der Waals surface area contributed by atoms with Gasteiger partial charge >= 0.3 is 5.97 Å². The maximum Gasteiger partial charge on any atom is 0.308 e. The standard InChI is InChI=1S/C16H14BrClO5S/c1-3-24(20,21)14-4-5-16(15(18)9-14)23-13-7-11(17)6-12(8-13)22-10(2)19/h4-9H,3H2,1-2H3. The van der Waals surface area contributed by atoms with Gasteiger partial charge in [-0.3, -0.25) is 4.79 Å². The third-order valence-corrected chi connectivity index (χ3v) is 5.46. The highest BCUT2D eigenvalue weighted by Crippen LogP contribution is 2.34. The van der Waals surface area contributed by atoms with Gasteiger partial charge in [0.1, 0.15) is 17.2 Å². The Morgan fingerprint density at radius 3 is 2.42 bits per heavy atom. The lowest BCUT2D eigenvalue weighted by atomic mass is 10.3. The molecule has 24 heavy (non-hydrogen) atoms. The molecule has 0 aliphatic heterocycles. The molecule has 0 saturated carbocycles. The van der Waals surface area contributed by atoms with Gasteiger partial charge in [0.05, 0.1) is 15.7 Å². The Labute approximate surface area is 153 Å². The van der Waals surface area contributed by atoms with E-state index in [9.17, 15) is 13.2 Å². The molecule has 0 bridgehead atoms. The van der Waals surface area contributed by atoms with E-state index in [1.54, 1.807) is 19.1 Å². The Balaban J connectivity index is 2.32. The van der Waals surface area contributed by atoms with Crippen LogP contribution in [-0.2, 0) is 14.6 Å². The van der Waals surface area contributed by atoms with Crippen LogP contribution in [0.3, 0.4) is 0 Å². The molecule has 0 amide bonds. The van der Waals surface area contributed by atoms with Crippen molar-refractivity contribution >= 4 is 43.3 Å². The fraction of sp³-hybridized carbons (Fsp3) is 0.188. The lowest BCUT2D eigenvalue weighted by Crippen LogP contribution is -2.03. The third-order valence-electron chi connectivity index (χ3n) is 2.98. The van der Waals surface area contributed by atoms with Gasteiger partial charge in [0, 0.05) is 17.5 Å². The van der Waals surface area contributed by atoms with Gasteiger partial charge in [-0.15, -0.1) is 0 Å². The Morgan fingerprint density at radius 1 is 1.17 bits per heavy atom. The van der Waals surface area contributed by atoms with E-state index in [0.717, 1.165) is 0 Å². The van der Waals surface area contributed by atoms with Gasteiger partial charge in [-0.25, -0.2) is 8.42 Å². The molecule has 0 aromatic heterocycles. The van der Waals surface area contributed by atoms with Gasteiger partial charge in [-0.2, -0.15) is 0 Å². The number of ether oxygens (including phenoxy) is 2. The average Bonchev–Trinajstić information content (AvgIpc) is 2.48. The molecule has 0 unspecified atom stereocenters. The molecule has 0 radical (unpaired) electrons. The molecule has 2 aromatic carbocycles. The summed E-state index contributed by atoms with van der Waals surface area (Å²) >= 11 is 9.42. The normalized spacial score (nSPS) is 11.2. The Kier molecular flexibility index (Phi) is 5.90. The van der Waals surface area contributed by atoms with E-state index < -0.39 is 15.8 Å². The van der Waals surface area contributed by atoms with Crippen molar-refractivity contribution in [1.29, 1.82) is 0 Å². The average molecular weight is 434 g/mol. The first-order valence-corrected chi connectivity index (χ1v) is 9.73. The van der Waals surface area contributed by atoms with Crippen LogP contribution in [0, 0.1) is 0 Å². The van der Waals surface area contributed by atoms with Crippen molar-refractivity contribution in [2.75, 3.05) is 5.75 Å². The zero-order valence-electron chi connectivity index (χ0n) is 12.9. The van der Waals surface area contributed by atoms with Crippen LogP contribution >= 0.6 is 27.5 Å². The molecule has 8 heteroatoms. The summed E-state index contributed by atoms with van der Waals surface area (Å²) in [6.07, 6.45) is 0. The summed E-state index contributed by atoms with van der Waals surface area (Å²) in [5.74, 6) is 0.521. The summed E-state index contributed by atoms with van der Waals surface area (Å²) in [5, 5.41) is 0.165. The summed E-state index contributed by atoms with van der Waals surface area (Å²) in [4.78, 5) is 11.2. The lowest BCUT2D eigenvalue weighted by Gasteiger charge is -2.11. The highest BCUT2D eigenvalue weighted by molar-refractivity contribution is 9.10. The van der Waals surface area contributed by atoms with E-state index in [-0.39, 0.29) is 15.7 Å². The minimum Gasteiger partial charge on any atom is -0.456 e. The minimum atomic E-state index is -3.34. The Bertz CT molecular complexity index is 880. The van der Waals surface area contributed by atoms with Crippen LogP contribution in [0.1, 0.15) is 13.8 Å². The van der Waals surface area contributed by atoms with Crippen LogP contribution in [0.15, 0.2) is 45.8 Å². The highest BCUT2D eigenvalue weighted by Gasteiger charge is 2.15. The van der Waals surface area contributed by atoms with Crippen LogP contribution in [0.25, 0.3) is 0 Å². The smallest absolute Gasteiger partial charge is 0.308 e. The van der Waals surface area contributed by atoms with Crippen molar-refractivity contribution in [1.82, 2.24) is 0 Å². The molecular formula is C16H14BrClO5S.